The third-order valence-corrected chi connectivity index (χ3v) is 6.17. The van der Waals surface area contributed by atoms with Crippen molar-refractivity contribution in [3.05, 3.63) is 68.7 Å². The molecule has 1 aliphatic rings. The number of hydrogen-bond acceptors (Lipinski definition) is 4. The molecule has 0 spiro atoms. The van der Waals surface area contributed by atoms with Crippen LogP contribution in [0.3, 0.4) is 0 Å². The molecule has 0 aliphatic carbocycles. The molecule has 1 aliphatic heterocycles. The summed E-state index contributed by atoms with van der Waals surface area (Å²) < 4.78 is 43.3. The first-order valence-electron chi connectivity index (χ1n) is 9.10. The number of alkyl halides is 3. The van der Waals surface area contributed by atoms with Gasteiger partial charge in [-0.15, -0.1) is 0 Å². The molecule has 11 heteroatoms. The smallest absolute Gasteiger partial charge is 0.410 e. The lowest BCUT2D eigenvalue weighted by Gasteiger charge is -2.33. The molecule has 31 heavy (non-hydrogen) atoms. The lowest BCUT2D eigenvalue weighted by atomic mass is 9.97. The Balaban J connectivity index is 1.70. The molecule has 2 atom stereocenters. The van der Waals surface area contributed by atoms with Crippen molar-refractivity contribution in [2.45, 2.75) is 24.7 Å². The molecule has 1 amide bonds. The van der Waals surface area contributed by atoms with Crippen LogP contribution in [0.2, 0.25) is 0 Å². The van der Waals surface area contributed by atoms with Gasteiger partial charge in [-0.05, 0) is 45.8 Å². The number of hydrogen-bond donors (Lipinski definition) is 3. The molecule has 6 nitrogen and oxygen atoms in total. The molecule has 0 radical (unpaired) electrons. The van der Waals surface area contributed by atoms with E-state index in [9.17, 15) is 23.1 Å². The van der Waals surface area contributed by atoms with E-state index in [1.54, 1.807) is 30.3 Å². The number of aromatic hydroxyl groups is 1. The van der Waals surface area contributed by atoms with Crippen molar-refractivity contribution < 1.29 is 23.1 Å². The zero-order valence-electron chi connectivity index (χ0n) is 15.6. The minimum Gasteiger partial charge on any atom is -0.508 e. The van der Waals surface area contributed by atoms with E-state index in [1.807, 2.05) is 0 Å². The highest BCUT2D eigenvalue weighted by Gasteiger charge is 2.47. The van der Waals surface area contributed by atoms with Gasteiger partial charge in [0, 0.05) is 22.6 Å². The van der Waals surface area contributed by atoms with Crippen molar-refractivity contribution in [3.8, 4) is 5.75 Å². The summed E-state index contributed by atoms with van der Waals surface area (Å²) >= 11 is 6.56. The number of phenolic OH excluding ortho intramolecular Hbond substituents is 1. The first kappa shape index (κ1) is 21.7. The molecule has 162 valence electrons. The Morgan fingerprint density at radius 3 is 2.55 bits per heavy atom. The van der Waals surface area contributed by atoms with Gasteiger partial charge in [0.1, 0.15) is 11.6 Å². The van der Waals surface area contributed by atoms with E-state index in [4.69, 9.17) is 0 Å². The number of carbonyl (C=O) groups excluding carboxylic acids is 1. The van der Waals surface area contributed by atoms with Gasteiger partial charge in [0.2, 0.25) is 0 Å². The number of nitrogens with one attached hydrogen (secondary N) is 2. The van der Waals surface area contributed by atoms with Crippen LogP contribution in [0.1, 0.15) is 34.6 Å². The zero-order chi connectivity index (χ0) is 22.3. The highest BCUT2D eigenvalue weighted by molar-refractivity contribution is 9.11. The first-order valence-corrected chi connectivity index (χ1v) is 10.7. The number of aromatic nitrogens is 2. The lowest BCUT2D eigenvalue weighted by molar-refractivity contribution is -0.173. The van der Waals surface area contributed by atoms with E-state index in [1.165, 1.54) is 18.2 Å². The average molecular weight is 560 g/mol. The van der Waals surface area contributed by atoms with Gasteiger partial charge in [0.05, 0.1) is 10.5 Å². The fraction of sp³-hybridized carbons (Fsp3) is 0.200. The number of carbonyl (C=O) groups is 1. The van der Waals surface area contributed by atoms with Crippen LogP contribution >= 0.6 is 31.9 Å². The molecule has 0 bridgehead atoms. The van der Waals surface area contributed by atoms with Crippen LogP contribution in [0, 0.1) is 0 Å². The predicted molar refractivity (Wildman–Crippen MR) is 116 cm³/mol. The molecule has 3 aromatic rings. The maximum Gasteiger partial charge on any atom is 0.410 e. The summed E-state index contributed by atoms with van der Waals surface area (Å²) in [7, 11) is 0. The van der Waals surface area contributed by atoms with Gasteiger partial charge in [-0.2, -0.15) is 18.3 Å². The summed E-state index contributed by atoms with van der Waals surface area (Å²) in [5.41, 5.74) is 0.773. The van der Waals surface area contributed by atoms with Crippen molar-refractivity contribution in [1.82, 2.24) is 9.78 Å². The summed E-state index contributed by atoms with van der Waals surface area (Å²) in [6.45, 7) is 0. The van der Waals surface area contributed by atoms with Gasteiger partial charge in [0.15, 0.2) is 11.7 Å². The number of halogens is 5. The highest BCUT2D eigenvalue weighted by atomic mass is 79.9. The Hall–Kier alpha value is -2.53. The fourth-order valence-electron chi connectivity index (χ4n) is 3.42. The minimum atomic E-state index is -4.56. The maximum atomic E-state index is 13.9. The Kier molecular flexibility index (Phi) is 5.73. The van der Waals surface area contributed by atoms with E-state index in [2.05, 4.69) is 47.6 Å². The first-order chi connectivity index (χ1) is 14.6. The number of benzene rings is 2. The topological polar surface area (TPSA) is 79.2 Å². The Labute approximate surface area is 191 Å². The number of phenols is 1. The van der Waals surface area contributed by atoms with Crippen LogP contribution in [0.15, 0.2) is 57.5 Å². The number of rotatable bonds is 3. The molecule has 4 rings (SSSR count). The van der Waals surface area contributed by atoms with Gasteiger partial charge in [-0.1, -0.05) is 34.1 Å². The number of fused-ring (bicyclic) bond motifs is 1. The molecule has 3 N–H and O–H groups in total. The predicted octanol–water partition coefficient (Wildman–Crippen LogP) is 6.03. The largest absolute Gasteiger partial charge is 0.508 e. The van der Waals surface area contributed by atoms with E-state index in [-0.39, 0.29) is 33.8 Å². The Morgan fingerprint density at radius 2 is 1.90 bits per heavy atom. The molecule has 0 saturated heterocycles. The number of anilines is 2. The van der Waals surface area contributed by atoms with Crippen molar-refractivity contribution in [1.29, 1.82) is 0 Å². The summed E-state index contributed by atoms with van der Waals surface area (Å²) in [6.07, 6.45) is -4.84. The molecule has 2 aromatic carbocycles. The average Bonchev–Trinajstić information content (AvgIpc) is 3.04. The third kappa shape index (κ3) is 4.42. The quantitative estimate of drug-likeness (QED) is 0.366. The second-order valence-corrected chi connectivity index (χ2v) is 8.71. The zero-order valence-corrected chi connectivity index (χ0v) is 18.8. The van der Waals surface area contributed by atoms with Crippen molar-refractivity contribution in [2.24, 2.45) is 0 Å². The van der Waals surface area contributed by atoms with Gasteiger partial charge < -0.3 is 15.7 Å². The van der Waals surface area contributed by atoms with E-state index in [0.29, 0.717) is 5.56 Å². The molecule has 1 aromatic heterocycles. The summed E-state index contributed by atoms with van der Waals surface area (Å²) in [5.74, 6) is -0.693. The monoisotopic (exact) mass is 558 g/mol. The Morgan fingerprint density at radius 1 is 1.19 bits per heavy atom. The second kappa shape index (κ2) is 8.19. The van der Waals surface area contributed by atoms with Crippen LogP contribution in [0.5, 0.6) is 5.75 Å². The molecule has 0 unspecified atom stereocenters. The van der Waals surface area contributed by atoms with Crippen LogP contribution in [0.25, 0.3) is 0 Å². The van der Waals surface area contributed by atoms with Gasteiger partial charge >= 0.3 is 6.18 Å². The SMILES string of the molecule is O=C(Nc1cccc(O)c1)c1nn2c(c1Br)N[C@@H](c1ccc(Br)cc1)C[C@H]2C(F)(F)F. The lowest BCUT2D eigenvalue weighted by Crippen LogP contribution is -2.35. The Bertz CT molecular complexity index is 1130. The molecular formula is C20H15Br2F3N4O2. The summed E-state index contributed by atoms with van der Waals surface area (Å²) in [4.78, 5) is 12.7. The van der Waals surface area contributed by atoms with Crippen LogP contribution < -0.4 is 10.6 Å². The van der Waals surface area contributed by atoms with E-state index >= 15 is 0 Å². The van der Waals surface area contributed by atoms with Crippen molar-refractivity contribution in [2.75, 3.05) is 10.6 Å². The van der Waals surface area contributed by atoms with Crippen LogP contribution in [-0.2, 0) is 0 Å². The minimum absolute atomic E-state index is 0.0582. The van der Waals surface area contributed by atoms with Gasteiger partial charge in [0.25, 0.3) is 5.91 Å². The number of amides is 1. The molecule has 0 saturated carbocycles. The summed E-state index contributed by atoms with van der Waals surface area (Å²) in [5, 5.41) is 19.1. The molecular weight excluding hydrogens is 545 g/mol. The van der Waals surface area contributed by atoms with Crippen molar-refractivity contribution in [3.63, 3.8) is 0 Å². The van der Waals surface area contributed by atoms with Crippen LogP contribution in [0.4, 0.5) is 24.7 Å². The second-order valence-electron chi connectivity index (χ2n) is 7.00. The summed E-state index contributed by atoms with van der Waals surface area (Å²) in [6, 6.07) is 10.3. The van der Waals surface area contributed by atoms with Gasteiger partial charge in [-0.3, -0.25) is 4.79 Å². The van der Waals surface area contributed by atoms with E-state index in [0.717, 1.165) is 9.15 Å². The fourth-order valence-corrected chi connectivity index (χ4v) is 4.24. The van der Waals surface area contributed by atoms with Crippen LogP contribution in [-0.4, -0.2) is 27.0 Å². The third-order valence-electron chi connectivity index (χ3n) is 4.89. The van der Waals surface area contributed by atoms with Gasteiger partial charge in [-0.25, -0.2) is 4.68 Å². The number of nitrogens with zero attached hydrogens (tertiary/aromatic N) is 2. The normalized spacial score (nSPS) is 18.2. The molecule has 2 heterocycles. The molecule has 0 fully saturated rings. The standard InChI is InChI=1S/C20H15Br2F3N4O2/c21-11-6-4-10(5-7-11)14-9-15(20(23,24)25)29-18(27-14)16(22)17(28-29)19(31)26-12-2-1-3-13(30)8-12/h1-8,14-15,27,30H,9H2,(H,26,31)/t14-,15+/m1/s1. The maximum absolute atomic E-state index is 13.9. The van der Waals surface area contributed by atoms with Crippen molar-refractivity contribution >= 4 is 49.3 Å². The highest BCUT2D eigenvalue weighted by Crippen LogP contribution is 2.46. The van der Waals surface area contributed by atoms with E-state index < -0.39 is 24.2 Å².